The summed E-state index contributed by atoms with van der Waals surface area (Å²) in [5.74, 6) is -0.308. The molecule has 0 aromatic heterocycles. The van der Waals surface area contributed by atoms with Gasteiger partial charge in [-0.25, -0.2) is 4.79 Å². The molecule has 0 spiro atoms. The van der Waals surface area contributed by atoms with Gasteiger partial charge in [-0.3, -0.25) is 0 Å². The van der Waals surface area contributed by atoms with Crippen molar-refractivity contribution in [1.82, 2.24) is 0 Å². The normalized spacial score (nSPS) is 15.4. The van der Waals surface area contributed by atoms with Crippen molar-refractivity contribution in [3.63, 3.8) is 0 Å². The number of rotatable bonds is 2. The quantitative estimate of drug-likeness (QED) is 0.597. The predicted octanol–water partition coefficient (Wildman–Crippen LogP) is 4.25. The molecule has 0 fully saturated rings. The summed E-state index contributed by atoms with van der Waals surface area (Å²) in [6, 6.07) is 5.83. The number of fused-ring (bicyclic) bond motifs is 1. The van der Waals surface area contributed by atoms with Crippen LogP contribution in [0.2, 0.25) is 0 Å². The van der Waals surface area contributed by atoms with Crippen LogP contribution < -0.4 is 0 Å². The van der Waals surface area contributed by atoms with E-state index in [0.717, 1.165) is 17.5 Å². The van der Waals surface area contributed by atoms with E-state index in [9.17, 15) is 4.79 Å². The molecule has 0 radical (unpaired) electrons. The predicted molar refractivity (Wildman–Crippen MR) is 80.7 cm³/mol. The summed E-state index contributed by atoms with van der Waals surface area (Å²) in [5, 5.41) is 0.299. The summed E-state index contributed by atoms with van der Waals surface area (Å²) >= 11 is 5.10. The van der Waals surface area contributed by atoms with Crippen LogP contribution in [0.1, 0.15) is 62.5 Å². The molecule has 0 saturated carbocycles. The van der Waals surface area contributed by atoms with E-state index in [-0.39, 0.29) is 16.8 Å². The molecule has 0 unspecified atom stereocenters. The van der Waals surface area contributed by atoms with Crippen LogP contribution in [0.25, 0.3) is 0 Å². The standard InChI is InChI=1S/C16H20O2S/c1-15(2,3)9-16(4,5)11-8-6-7-10-12(11)13(17)18-14(10)19/h6-8H,9H2,1-5H3. The molecule has 1 aromatic rings. The Balaban J connectivity index is 2.53. The molecule has 102 valence electrons. The first kappa shape index (κ1) is 14.2. The molecule has 1 heterocycles. The Morgan fingerprint density at radius 1 is 1.16 bits per heavy atom. The zero-order chi connectivity index (χ0) is 14.4. The van der Waals surface area contributed by atoms with Crippen molar-refractivity contribution in [3.8, 4) is 0 Å². The SMILES string of the molecule is CC(C)(C)CC(C)(C)c1cccc2c1C(=O)OC2=S. The van der Waals surface area contributed by atoms with Crippen molar-refractivity contribution in [3.05, 3.63) is 34.9 Å². The summed E-state index contributed by atoms with van der Waals surface area (Å²) in [4.78, 5) is 12.0. The Morgan fingerprint density at radius 2 is 1.79 bits per heavy atom. The van der Waals surface area contributed by atoms with Crippen LogP contribution in [0.5, 0.6) is 0 Å². The Morgan fingerprint density at radius 3 is 2.37 bits per heavy atom. The summed E-state index contributed by atoms with van der Waals surface area (Å²) in [5.41, 5.74) is 2.55. The van der Waals surface area contributed by atoms with Gasteiger partial charge in [0.05, 0.1) is 5.56 Å². The maximum Gasteiger partial charge on any atom is 0.345 e. The zero-order valence-corrected chi connectivity index (χ0v) is 13.0. The minimum Gasteiger partial charge on any atom is -0.410 e. The first-order chi connectivity index (χ1) is 8.62. The van der Waals surface area contributed by atoms with Crippen molar-refractivity contribution in [1.29, 1.82) is 0 Å². The number of carbonyl (C=O) groups excluding carboxylic acids is 1. The third kappa shape index (κ3) is 2.71. The number of carbonyl (C=O) groups is 1. The van der Waals surface area contributed by atoms with Crippen LogP contribution in [0.15, 0.2) is 18.2 Å². The average Bonchev–Trinajstić information content (AvgIpc) is 2.51. The molecular weight excluding hydrogens is 256 g/mol. The number of hydrogen-bond acceptors (Lipinski definition) is 3. The number of thiocarbonyl (C=S) groups is 1. The molecule has 2 rings (SSSR count). The van der Waals surface area contributed by atoms with Crippen LogP contribution in [0, 0.1) is 5.41 Å². The topological polar surface area (TPSA) is 26.3 Å². The molecule has 2 nitrogen and oxygen atoms in total. The van der Waals surface area contributed by atoms with E-state index in [0.29, 0.717) is 10.6 Å². The van der Waals surface area contributed by atoms with E-state index >= 15 is 0 Å². The highest BCUT2D eigenvalue weighted by molar-refractivity contribution is 7.80. The summed E-state index contributed by atoms with van der Waals surface area (Å²) in [6.45, 7) is 11.0. The number of esters is 1. The Kier molecular flexibility index (Phi) is 3.29. The molecule has 3 heteroatoms. The smallest absolute Gasteiger partial charge is 0.345 e. The van der Waals surface area contributed by atoms with Gasteiger partial charge in [0, 0.05) is 5.56 Å². The minimum absolute atomic E-state index is 0.0947. The van der Waals surface area contributed by atoms with Crippen LogP contribution in [0.4, 0.5) is 0 Å². The van der Waals surface area contributed by atoms with Crippen molar-refractivity contribution in [2.75, 3.05) is 0 Å². The fraction of sp³-hybridized carbons (Fsp3) is 0.500. The van der Waals surface area contributed by atoms with Gasteiger partial charge in [0.2, 0.25) is 5.05 Å². The maximum atomic E-state index is 12.0. The molecule has 0 aliphatic carbocycles. The minimum atomic E-state index is -0.308. The van der Waals surface area contributed by atoms with E-state index in [4.69, 9.17) is 17.0 Å². The van der Waals surface area contributed by atoms with Gasteiger partial charge in [-0.15, -0.1) is 0 Å². The molecule has 1 aliphatic heterocycles. The fourth-order valence-corrected chi connectivity index (χ4v) is 3.36. The molecule has 19 heavy (non-hydrogen) atoms. The van der Waals surface area contributed by atoms with E-state index in [2.05, 4.69) is 34.6 Å². The van der Waals surface area contributed by atoms with Crippen LogP contribution in [-0.4, -0.2) is 11.0 Å². The Labute approximate surface area is 120 Å². The summed E-state index contributed by atoms with van der Waals surface area (Å²) < 4.78 is 5.09. The van der Waals surface area contributed by atoms with Crippen molar-refractivity contribution in [2.24, 2.45) is 5.41 Å². The van der Waals surface area contributed by atoms with Crippen molar-refractivity contribution < 1.29 is 9.53 Å². The van der Waals surface area contributed by atoms with Crippen LogP contribution in [-0.2, 0) is 10.2 Å². The highest BCUT2D eigenvalue weighted by Gasteiger charge is 2.36. The second-order valence-corrected chi connectivity index (χ2v) is 7.40. The van der Waals surface area contributed by atoms with Crippen LogP contribution in [0.3, 0.4) is 0 Å². The van der Waals surface area contributed by atoms with Gasteiger partial charge in [-0.1, -0.05) is 46.8 Å². The second kappa shape index (κ2) is 4.41. The number of cyclic esters (lactones) is 1. The van der Waals surface area contributed by atoms with E-state index < -0.39 is 0 Å². The molecule has 1 aromatic carbocycles. The number of ether oxygens (including phenoxy) is 1. The fourth-order valence-electron chi connectivity index (χ4n) is 3.12. The molecule has 0 bridgehead atoms. The van der Waals surface area contributed by atoms with E-state index in [1.54, 1.807) is 0 Å². The van der Waals surface area contributed by atoms with Gasteiger partial charge in [0.15, 0.2) is 0 Å². The maximum absolute atomic E-state index is 12.0. The van der Waals surface area contributed by atoms with E-state index in [1.165, 1.54) is 0 Å². The zero-order valence-electron chi connectivity index (χ0n) is 12.2. The van der Waals surface area contributed by atoms with Crippen molar-refractivity contribution >= 4 is 23.2 Å². The molecule has 0 amide bonds. The third-order valence-electron chi connectivity index (χ3n) is 3.38. The van der Waals surface area contributed by atoms with Gasteiger partial charge in [0.1, 0.15) is 0 Å². The van der Waals surface area contributed by atoms with Gasteiger partial charge < -0.3 is 4.74 Å². The molecule has 0 N–H and O–H groups in total. The van der Waals surface area contributed by atoms with Crippen molar-refractivity contribution in [2.45, 2.75) is 46.5 Å². The lowest BCUT2D eigenvalue weighted by atomic mass is 9.70. The lowest BCUT2D eigenvalue weighted by Crippen LogP contribution is -2.26. The molecular formula is C16H20O2S. The highest BCUT2D eigenvalue weighted by atomic mass is 32.1. The monoisotopic (exact) mass is 276 g/mol. The summed E-state index contributed by atoms with van der Waals surface area (Å²) in [7, 11) is 0. The largest absolute Gasteiger partial charge is 0.410 e. The second-order valence-electron chi connectivity index (χ2n) is 7.03. The third-order valence-corrected chi connectivity index (χ3v) is 3.68. The molecule has 1 aliphatic rings. The lowest BCUT2D eigenvalue weighted by Gasteiger charge is -2.33. The van der Waals surface area contributed by atoms with Gasteiger partial charge >= 0.3 is 5.97 Å². The summed E-state index contributed by atoms with van der Waals surface area (Å²) in [6.07, 6.45) is 0.983. The van der Waals surface area contributed by atoms with Gasteiger partial charge in [-0.2, -0.15) is 0 Å². The average molecular weight is 276 g/mol. The Bertz CT molecular complexity index is 550. The number of benzene rings is 1. The van der Waals surface area contributed by atoms with Crippen LogP contribution >= 0.6 is 12.2 Å². The first-order valence-corrected chi connectivity index (χ1v) is 6.93. The van der Waals surface area contributed by atoms with Gasteiger partial charge in [-0.05, 0) is 41.1 Å². The number of hydrogen-bond donors (Lipinski definition) is 0. The molecule has 0 atom stereocenters. The van der Waals surface area contributed by atoms with Gasteiger partial charge in [0.25, 0.3) is 0 Å². The Hall–Kier alpha value is -1.22. The lowest BCUT2D eigenvalue weighted by molar-refractivity contribution is 0.0738. The first-order valence-electron chi connectivity index (χ1n) is 6.52. The molecule has 0 saturated heterocycles. The highest BCUT2D eigenvalue weighted by Crippen LogP contribution is 2.40. The van der Waals surface area contributed by atoms with E-state index in [1.807, 2.05) is 18.2 Å².